The molecule has 0 unspecified atom stereocenters. The first kappa shape index (κ1) is 11.9. The normalized spacial score (nSPS) is 16.2. The van der Waals surface area contributed by atoms with Crippen molar-refractivity contribution in [3.63, 3.8) is 0 Å². The third-order valence-electron chi connectivity index (χ3n) is 2.65. The van der Waals surface area contributed by atoms with Crippen molar-refractivity contribution in [3.8, 4) is 0 Å². The average Bonchev–Trinajstić information content (AvgIpc) is 2.57. The molecule has 1 aliphatic carbocycles. The minimum atomic E-state index is -0.771. The molecule has 1 aromatic rings. The van der Waals surface area contributed by atoms with Gasteiger partial charge in [-0.15, -0.1) is 11.3 Å². The summed E-state index contributed by atoms with van der Waals surface area (Å²) in [6.07, 6.45) is 7.28. The maximum absolute atomic E-state index is 10.5. The van der Waals surface area contributed by atoms with Crippen molar-refractivity contribution in [1.82, 2.24) is 4.98 Å². The van der Waals surface area contributed by atoms with Gasteiger partial charge >= 0.3 is 5.97 Å². The van der Waals surface area contributed by atoms with E-state index in [-0.39, 0.29) is 5.75 Å². The molecule has 88 valence electrons. The van der Waals surface area contributed by atoms with Crippen LogP contribution in [0.15, 0.2) is 4.34 Å². The van der Waals surface area contributed by atoms with Gasteiger partial charge < -0.3 is 5.11 Å². The maximum atomic E-state index is 10.5. The number of thioether (sulfide) groups is 1. The van der Waals surface area contributed by atoms with Gasteiger partial charge in [-0.05, 0) is 25.7 Å². The topological polar surface area (TPSA) is 50.2 Å². The number of fused-ring (bicyclic) bond motifs is 1. The molecule has 0 atom stereocenters. The summed E-state index contributed by atoms with van der Waals surface area (Å²) >= 11 is 3.03. The number of carbonyl (C=O) groups is 1. The molecular formula is C11H15NO2S2. The van der Waals surface area contributed by atoms with Crippen LogP contribution >= 0.6 is 23.1 Å². The van der Waals surface area contributed by atoms with Gasteiger partial charge in [0.1, 0.15) is 0 Å². The monoisotopic (exact) mass is 257 g/mol. The fourth-order valence-electron chi connectivity index (χ4n) is 1.87. The molecule has 1 N–H and O–H groups in total. The highest BCUT2D eigenvalue weighted by Gasteiger charge is 2.14. The number of rotatable bonds is 3. The summed E-state index contributed by atoms with van der Waals surface area (Å²) in [4.78, 5) is 16.4. The standard InChI is InChI=1S/C11H15NO2S2/c13-10(14)7-15-11-12-8-5-3-1-2-4-6-9(8)16-11/h1-7H2,(H,13,14). The lowest BCUT2D eigenvalue weighted by Crippen LogP contribution is -1.98. The van der Waals surface area contributed by atoms with Crippen molar-refractivity contribution in [1.29, 1.82) is 0 Å². The highest BCUT2D eigenvalue weighted by atomic mass is 32.2. The first-order chi connectivity index (χ1) is 7.75. The Bertz CT molecular complexity index is 351. The van der Waals surface area contributed by atoms with Crippen molar-refractivity contribution in [2.24, 2.45) is 0 Å². The molecule has 0 spiro atoms. The molecule has 0 bridgehead atoms. The number of carboxylic acid groups (broad SMARTS) is 1. The Morgan fingerprint density at radius 1 is 1.31 bits per heavy atom. The Morgan fingerprint density at radius 3 is 2.81 bits per heavy atom. The molecule has 1 aliphatic rings. The lowest BCUT2D eigenvalue weighted by molar-refractivity contribution is -0.133. The molecule has 0 radical (unpaired) electrons. The minimum absolute atomic E-state index is 0.117. The largest absolute Gasteiger partial charge is 0.481 e. The second-order valence-electron chi connectivity index (χ2n) is 3.95. The summed E-state index contributed by atoms with van der Waals surface area (Å²) in [5, 5.41) is 8.62. The van der Waals surface area contributed by atoms with Gasteiger partial charge in [-0.3, -0.25) is 4.79 Å². The highest BCUT2D eigenvalue weighted by Crippen LogP contribution is 2.30. The molecule has 0 aromatic carbocycles. The highest BCUT2D eigenvalue weighted by molar-refractivity contribution is 8.01. The zero-order chi connectivity index (χ0) is 11.4. The summed E-state index contributed by atoms with van der Waals surface area (Å²) in [5.41, 5.74) is 1.22. The number of thiazole rings is 1. The van der Waals surface area contributed by atoms with Crippen LogP contribution in [0, 0.1) is 0 Å². The second kappa shape index (κ2) is 5.68. The van der Waals surface area contributed by atoms with Crippen molar-refractivity contribution in [3.05, 3.63) is 10.6 Å². The quantitative estimate of drug-likeness (QED) is 0.846. The van der Waals surface area contributed by atoms with Crippen LogP contribution in [-0.2, 0) is 17.6 Å². The SMILES string of the molecule is O=C(O)CSc1nc2c(s1)CCCCCC2. The predicted molar refractivity (Wildman–Crippen MR) is 66.3 cm³/mol. The van der Waals surface area contributed by atoms with E-state index in [1.54, 1.807) is 11.3 Å². The fraction of sp³-hybridized carbons (Fsp3) is 0.636. The number of aliphatic carboxylic acids is 1. The van der Waals surface area contributed by atoms with Gasteiger partial charge in [0, 0.05) is 4.88 Å². The molecule has 0 saturated carbocycles. The molecule has 2 rings (SSSR count). The van der Waals surface area contributed by atoms with Gasteiger partial charge in [0.2, 0.25) is 0 Å². The van der Waals surface area contributed by atoms with Crippen LogP contribution < -0.4 is 0 Å². The van der Waals surface area contributed by atoms with Gasteiger partial charge in [0.05, 0.1) is 11.4 Å². The number of carboxylic acids is 1. The van der Waals surface area contributed by atoms with Gasteiger partial charge in [-0.1, -0.05) is 24.6 Å². The van der Waals surface area contributed by atoms with Crippen LogP contribution in [0.1, 0.15) is 36.3 Å². The van der Waals surface area contributed by atoms with Crippen LogP contribution in [0.5, 0.6) is 0 Å². The third kappa shape index (κ3) is 3.22. The second-order valence-corrected chi connectivity index (χ2v) is 6.25. The molecule has 3 nitrogen and oxygen atoms in total. The summed E-state index contributed by atoms with van der Waals surface area (Å²) in [6, 6.07) is 0. The smallest absolute Gasteiger partial charge is 0.313 e. The third-order valence-corrected chi connectivity index (χ3v) is 4.93. The van der Waals surface area contributed by atoms with Crippen molar-refractivity contribution < 1.29 is 9.90 Å². The van der Waals surface area contributed by atoms with Crippen molar-refractivity contribution in [2.75, 3.05) is 5.75 Å². The van der Waals surface area contributed by atoms with E-state index in [4.69, 9.17) is 5.11 Å². The van der Waals surface area contributed by atoms with Crippen molar-refractivity contribution in [2.45, 2.75) is 42.9 Å². The molecule has 16 heavy (non-hydrogen) atoms. The number of hydrogen-bond acceptors (Lipinski definition) is 4. The zero-order valence-corrected chi connectivity index (χ0v) is 10.7. The average molecular weight is 257 g/mol. The van der Waals surface area contributed by atoms with Crippen LogP contribution in [0.4, 0.5) is 0 Å². The molecular weight excluding hydrogens is 242 g/mol. The predicted octanol–water partition coefficient (Wildman–Crippen LogP) is 2.98. The number of hydrogen-bond donors (Lipinski definition) is 1. The fourth-order valence-corrected chi connectivity index (χ4v) is 3.88. The van der Waals surface area contributed by atoms with E-state index in [0.717, 1.165) is 17.2 Å². The first-order valence-electron chi connectivity index (χ1n) is 5.59. The Morgan fingerprint density at radius 2 is 2.06 bits per heavy atom. The lowest BCUT2D eigenvalue weighted by atomic mass is 10.0. The molecule has 1 heterocycles. The number of nitrogens with zero attached hydrogens (tertiary/aromatic N) is 1. The van der Waals surface area contributed by atoms with Crippen LogP contribution in [0.25, 0.3) is 0 Å². The van der Waals surface area contributed by atoms with E-state index in [1.807, 2.05) is 0 Å². The Hall–Kier alpha value is -0.550. The number of aromatic nitrogens is 1. The summed E-state index contributed by atoms with van der Waals surface area (Å²) < 4.78 is 0.925. The van der Waals surface area contributed by atoms with E-state index in [1.165, 1.54) is 48.0 Å². The van der Waals surface area contributed by atoms with Crippen molar-refractivity contribution >= 4 is 29.1 Å². The van der Waals surface area contributed by atoms with E-state index < -0.39 is 5.97 Å². The van der Waals surface area contributed by atoms with Crippen LogP contribution in [-0.4, -0.2) is 21.8 Å². The van der Waals surface area contributed by atoms with E-state index in [2.05, 4.69) is 4.98 Å². The molecule has 0 aliphatic heterocycles. The zero-order valence-electron chi connectivity index (χ0n) is 9.07. The first-order valence-corrected chi connectivity index (χ1v) is 7.39. The maximum Gasteiger partial charge on any atom is 0.313 e. The summed E-state index contributed by atoms with van der Waals surface area (Å²) in [6.45, 7) is 0. The molecule has 1 aromatic heterocycles. The Balaban J connectivity index is 2.05. The van der Waals surface area contributed by atoms with Crippen LogP contribution in [0.3, 0.4) is 0 Å². The van der Waals surface area contributed by atoms with E-state index in [0.29, 0.717) is 0 Å². The Kier molecular flexibility index (Phi) is 4.23. The van der Waals surface area contributed by atoms with Gasteiger partial charge in [-0.25, -0.2) is 4.98 Å². The van der Waals surface area contributed by atoms with Gasteiger partial charge in [-0.2, -0.15) is 0 Å². The lowest BCUT2D eigenvalue weighted by Gasteiger charge is -2.06. The minimum Gasteiger partial charge on any atom is -0.481 e. The molecule has 0 saturated heterocycles. The molecule has 0 fully saturated rings. The summed E-state index contributed by atoms with van der Waals surface area (Å²) in [7, 11) is 0. The Labute approximate surface area is 103 Å². The van der Waals surface area contributed by atoms with Gasteiger partial charge in [0.25, 0.3) is 0 Å². The van der Waals surface area contributed by atoms with E-state index in [9.17, 15) is 4.79 Å². The van der Waals surface area contributed by atoms with Gasteiger partial charge in [0.15, 0.2) is 4.34 Å². The number of aryl methyl sites for hydroxylation is 2. The van der Waals surface area contributed by atoms with Crippen LogP contribution in [0.2, 0.25) is 0 Å². The molecule has 0 amide bonds. The molecule has 5 heteroatoms. The summed E-state index contributed by atoms with van der Waals surface area (Å²) in [5.74, 6) is -0.653. The van der Waals surface area contributed by atoms with E-state index >= 15 is 0 Å².